The SMILES string of the molecule is CCCC(O)C(O)c1c(OC)cnn1C. The molecule has 1 heterocycles. The number of aryl methyl sites for hydroxylation is 1. The van der Waals surface area contributed by atoms with Crippen molar-refractivity contribution in [3.63, 3.8) is 0 Å². The predicted molar refractivity (Wildman–Crippen MR) is 55.6 cm³/mol. The zero-order chi connectivity index (χ0) is 11.4. The van der Waals surface area contributed by atoms with Gasteiger partial charge in [0.25, 0.3) is 0 Å². The van der Waals surface area contributed by atoms with Gasteiger partial charge in [0.15, 0.2) is 5.75 Å². The summed E-state index contributed by atoms with van der Waals surface area (Å²) in [5, 5.41) is 23.6. The van der Waals surface area contributed by atoms with E-state index >= 15 is 0 Å². The van der Waals surface area contributed by atoms with Crippen molar-refractivity contribution < 1.29 is 14.9 Å². The van der Waals surface area contributed by atoms with Crippen LogP contribution in [0.1, 0.15) is 31.6 Å². The maximum absolute atomic E-state index is 9.91. The van der Waals surface area contributed by atoms with Crippen molar-refractivity contribution in [2.75, 3.05) is 7.11 Å². The van der Waals surface area contributed by atoms with Gasteiger partial charge in [-0.1, -0.05) is 13.3 Å². The molecule has 0 saturated carbocycles. The van der Waals surface area contributed by atoms with Crippen LogP contribution < -0.4 is 4.74 Å². The van der Waals surface area contributed by atoms with Gasteiger partial charge in [0.2, 0.25) is 0 Å². The maximum atomic E-state index is 9.91. The fraction of sp³-hybridized carbons (Fsp3) is 0.700. The van der Waals surface area contributed by atoms with E-state index in [1.165, 1.54) is 18.0 Å². The van der Waals surface area contributed by atoms with E-state index in [4.69, 9.17) is 4.74 Å². The van der Waals surface area contributed by atoms with Gasteiger partial charge in [0.05, 0.1) is 19.4 Å². The topological polar surface area (TPSA) is 67.5 Å². The van der Waals surface area contributed by atoms with Crippen molar-refractivity contribution in [2.45, 2.75) is 32.0 Å². The van der Waals surface area contributed by atoms with Crippen LogP contribution in [0.2, 0.25) is 0 Å². The largest absolute Gasteiger partial charge is 0.493 e. The molecule has 2 N–H and O–H groups in total. The molecule has 5 nitrogen and oxygen atoms in total. The molecule has 1 aromatic heterocycles. The van der Waals surface area contributed by atoms with E-state index in [0.29, 0.717) is 17.9 Å². The van der Waals surface area contributed by atoms with Crippen LogP contribution in [0.4, 0.5) is 0 Å². The Morgan fingerprint density at radius 2 is 2.20 bits per heavy atom. The Labute approximate surface area is 89.3 Å². The maximum Gasteiger partial charge on any atom is 0.162 e. The van der Waals surface area contributed by atoms with Gasteiger partial charge in [0.1, 0.15) is 11.8 Å². The minimum atomic E-state index is -0.951. The number of aliphatic hydroxyl groups is 2. The smallest absolute Gasteiger partial charge is 0.162 e. The van der Waals surface area contributed by atoms with Crippen LogP contribution in [-0.2, 0) is 7.05 Å². The average Bonchev–Trinajstić information content (AvgIpc) is 2.58. The number of rotatable bonds is 5. The molecule has 0 saturated heterocycles. The Kier molecular flexibility index (Phi) is 4.11. The third-order valence-corrected chi connectivity index (χ3v) is 2.40. The number of aliphatic hydroxyl groups excluding tert-OH is 2. The predicted octanol–water partition coefficient (Wildman–Crippen LogP) is 0.623. The standard InChI is InChI=1S/C10H18N2O3/c1-4-5-7(13)10(14)9-8(15-3)6-11-12(9)2/h6-7,10,13-14H,4-5H2,1-3H3. The molecule has 0 aromatic carbocycles. The molecule has 0 radical (unpaired) electrons. The lowest BCUT2D eigenvalue weighted by Crippen LogP contribution is -2.21. The molecule has 2 atom stereocenters. The molecule has 0 spiro atoms. The Hall–Kier alpha value is -1.07. The van der Waals surface area contributed by atoms with E-state index in [2.05, 4.69) is 5.10 Å². The van der Waals surface area contributed by atoms with Crippen molar-refractivity contribution in [2.24, 2.45) is 7.05 Å². The minimum absolute atomic E-state index is 0.500. The van der Waals surface area contributed by atoms with E-state index in [1.807, 2.05) is 6.92 Å². The fourth-order valence-electron chi connectivity index (χ4n) is 1.56. The number of nitrogens with zero attached hydrogens (tertiary/aromatic N) is 2. The van der Waals surface area contributed by atoms with Gasteiger partial charge >= 0.3 is 0 Å². The molecule has 0 amide bonds. The zero-order valence-corrected chi connectivity index (χ0v) is 9.34. The normalized spacial score (nSPS) is 15.0. The summed E-state index contributed by atoms with van der Waals surface area (Å²) in [6.45, 7) is 1.95. The molecule has 5 heteroatoms. The Bertz CT molecular complexity index is 312. The summed E-state index contributed by atoms with van der Waals surface area (Å²) in [5.74, 6) is 0.500. The van der Waals surface area contributed by atoms with E-state index in [-0.39, 0.29) is 0 Å². The fourth-order valence-corrected chi connectivity index (χ4v) is 1.56. The number of hydrogen-bond donors (Lipinski definition) is 2. The number of methoxy groups -OCH3 is 1. The van der Waals surface area contributed by atoms with Crippen LogP contribution in [0.5, 0.6) is 5.75 Å². The molecule has 1 aromatic rings. The molecule has 0 aliphatic rings. The summed E-state index contributed by atoms with van der Waals surface area (Å²) in [4.78, 5) is 0. The third kappa shape index (κ3) is 2.49. The summed E-state index contributed by atoms with van der Waals surface area (Å²) >= 11 is 0. The quantitative estimate of drug-likeness (QED) is 0.754. The monoisotopic (exact) mass is 214 g/mol. The molecule has 0 fully saturated rings. The first kappa shape index (κ1) is 12.0. The molecular weight excluding hydrogens is 196 g/mol. The summed E-state index contributed by atoms with van der Waals surface area (Å²) in [5.41, 5.74) is 0.512. The summed E-state index contributed by atoms with van der Waals surface area (Å²) in [6, 6.07) is 0. The first-order valence-electron chi connectivity index (χ1n) is 5.03. The lowest BCUT2D eigenvalue weighted by molar-refractivity contribution is 0.00711. The van der Waals surface area contributed by atoms with Gasteiger partial charge < -0.3 is 14.9 Å². The van der Waals surface area contributed by atoms with E-state index in [1.54, 1.807) is 7.05 Å². The lowest BCUT2D eigenvalue weighted by atomic mass is 10.1. The third-order valence-electron chi connectivity index (χ3n) is 2.40. The van der Waals surface area contributed by atoms with Crippen molar-refractivity contribution >= 4 is 0 Å². The van der Waals surface area contributed by atoms with Gasteiger partial charge in [-0.2, -0.15) is 5.10 Å². The molecule has 0 aliphatic heterocycles. The first-order valence-corrected chi connectivity index (χ1v) is 5.03. The van der Waals surface area contributed by atoms with E-state index in [0.717, 1.165) is 6.42 Å². The van der Waals surface area contributed by atoms with Crippen molar-refractivity contribution in [1.82, 2.24) is 9.78 Å². The second kappa shape index (κ2) is 5.14. The van der Waals surface area contributed by atoms with Gasteiger partial charge in [-0.15, -0.1) is 0 Å². The summed E-state index contributed by atoms with van der Waals surface area (Å²) < 4.78 is 6.58. The van der Waals surface area contributed by atoms with Crippen LogP contribution in [0, 0.1) is 0 Å². The van der Waals surface area contributed by atoms with Crippen molar-refractivity contribution in [3.05, 3.63) is 11.9 Å². The second-order valence-electron chi connectivity index (χ2n) is 3.52. The Morgan fingerprint density at radius 3 is 2.73 bits per heavy atom. The lowest BCUT2D eigenvalue weighted by Gasteiger charge is -2.18. The molecule has 15 heavy (non-hydrogen) atoms. The minimum Gasteiger partial charge on any atom is -0.493 e. The highest BCUT2D eigenvalue weighted by Crippen LogP contribution is 2.27. The number of ether oxygens (including phenoxy) is 1. The first-order chi connectivity index (χ1) is 7.11. The zero-order valence-electron chi connectivity index (χ0n) is 9.34. The van der Waals surface area contributed by atoms with Crippen LogP contribution in [0.15, 0.2) is 6.20 Å². The number of hydrogen-bond acceptors (Lipinski definition) is 4. The van der Waals surface area contributed by atoms with Crippen LogP contribution >= 0.6 is 0 Å². The molecule has 2 unspecified atom stereocenters. The van der Waals surface area contributed by atoms with Gasteiger partial charge in [-0.25, -0.2) is 0 Å². The van der Waals surface area contributed by atoms with Gasteiger partial charge in [-0.3, -0.25) is 4.68 Å². The molecule has 0 aliphatic carbocycles. The van der Waals surface area contributed by atoms with Crippen molar-refractivity contribution in [1.29, 1.82) is 0 Å². The highest BCUT2D eigenvalue weighted by molar-refractivity contribution is 5.27. The molecule has 1 rings (SSSR count). The van der Waals surface area contributed by atoms with E-state index in [9.17, 15) is 10.2 Å². The van der Waals surface area contributed by atoms with Crippen LogP contribution in [0.3, 0.4) is 0 Å². The van der Waals surface area contributed by atoms with Gasteiger partial charge in [-0.05, 0) is 6.42 Å². The van der Waals surface area contributed by atoms with Crippen LogP contribution in [0.25, 0.3) is 0 Å². The molecule has 0 bridgehead atoms. The highest BCUT2D eigenvalue weighted by atomic mass is 16.5. The Balaban J connectivity index is 2.88. The Morgan fingerprint density at radius 1 is 1.53 bits per heavy atom. The second-order valence-corrected chi connectivity index (χ2v) is 3.52. The summed E-state index contributed by atoms with van der Waals surface area (Å²) in [7, 11) is 3.22. The van der Waals surface area contributed by atoms with Gasteiger partial charge in [0, 0.05) is 7.05 Å². The average molecular weight is 214 g/mol. The number of aromatic nitrogens is 2. The van der Waals surface area contributed by atoms with Crippen LogP contribution in [-0.4, -0.2) is 33.2 Å². The van der Waals surface area contributed by atoms with Crippen molar-refractivity contribution in [3.8, 4) is 5.75 Å². The molecule has 86 valence electrons. The highest BCUT2D eigenvalue weighted by Gasteiger charge is 2.24. The summed E-state index contributed by atoms with van der Waals surface area (Å²) in [6.07, 6.45) is 1.16. The van der Waals surface area contributed by atoms with E-state index < -0.39 is 12.2 Å². The molecular formula is C10H18N2O3.